The molecule has 1 atom stereocenters. The van der Waals surface area contributed by atoms with Crippen LogP contribution in [-0.2, 0) is 0 Å². The molecule has 0 radical (unpaired) electrons. The van der Waals surface area contributed by atoms with Crippen molar-refractivity contribution in [3.8, 4) is 0 Å². The highest BCUT2D eigenvalue weighted by Gasteiger charge is 2.11. The molecule has 0 spiro atoms. The summed E-state index contributed by atoms with van der Waals surface area (Å²) in [5, 5.41) is 5.09. The van der Waals surface area contributed by atoms with Crippen LogP contribution in [0.5, 0.6) is 0 Å². The Morgan fingerprint density at radius 1 is 1.15 bits per heavy atom. The van der Waals surface area contributed by atoms with Crippen LogP contribution in [0.4, 0.5) is 5.69 Å². The zero-order valence-corrected chi connectivity index (χ0v) is 13.5. The minimum atomic E-state index is 0.146. The monoisotopic (exact) mass is 328 g/mol. The Morgan fingerprint density at radius 3 is 2.50 bits per heavy atom. The second-order valence-corrected chi connectivity index (χ2v) is 5.78. The highest BCUT2D eigenvalue weighted by atomic mass is 35.5. The summed E-state index contributed by atoms with van der Waals surface area (Å²) in [6.07, 6.45) is 2.65. The standard InChI is InChI=1S/C15H15Cl3N2/c1-3-14(10-4-5-12(16)13(17)7-10)20-11-6-9(2)15(18)19-8-11/h4-8,14,20H,3H2,1-2H3. The number of nitrogens with one attached hydrogen (secondary N) is 1. The van der Waals surface area contributed by atoms with E-state index >= 15 is 0 Å². The fourth-order valence-electron chi connectivity index (χ4n) is 1.99. The summed E-state index contributed by atoms with van der Waals surface area (Å²) < 4.78 is 0. The van der Waals surface area contributed by atoms with Crippen molar-refractivity contribution < 1.29 is 0 Å². The highest BCUT2D eigenvalue weighted by molar-refractivity contribution is 6.42. The lowest BCUT2D eigenvalue weighted by Crippen LogP contribution is -2.10. The molecule has 1 heterocycles. The van der Waals surface area contributed by atoms with Gasteiger partial charge in [0.25, 0.3) is 0 Å². The molecule has 0 amide bonds. The van der Waals surface area contributed by atoms with Crippen molar-refractivity contribution >= 4 is 40.5 Å². The van der Waals surface area contributed by atoms with Crippen molar-refractivity contribution in [1.82, 2.24) is 4.98 Å². The topological polar surface area (TPSA) is 24.9 Å². The average molecular weight is 330 g/mol. The van der Waals surface area contributed by atoms with Gasteiger partial charge in [-0.3, -0.25) is 0 Å². The molecule has 2 rings (SSSR count). The Balaban J connectivity index is 2.23. The summed E-state index contributed by atoms with van der Waals surface area (Å²) in [4.78, 5) is 4.15. The fourth-order valence-corrected chi connectivity index (χ4v) is 2.40. The Labute approximate surface area is 134 Å². The van der Waals surface area contributed by atoms with E-state index in [1.807, 2.05) is 31.2 Å². The average Bonchev–Trinajstić information content (AvgIpc) is 2.43. The Bertz CT molecular complexity index is 614. The largest absolute Gasteiger partial charge is 0.377 e. The summed E-state index contributed by atoms with van der Waals surface area (Å²) in [6.45, 7) is 4.04. The molecule has 0 bridgehead atoms. The number of halogens is 3. The van der Waals surface area contributed by atoms with Crippen LogP contribution in [-0.4, -0.2) is 4.98 Å². The van der Waals surface area contributed by atoms with Crippen LogP contribution in [0.2, 0.25) is 15.2 Å². The molecule has 0 aliphatic rings. The molecule has 5 heteroatoms. The summed E-state index contributed by atoms with van der Waals surface area (Å²) >= 11 is 18.0. The third-order valence-corrected chi connectivity index (χ3v) is 4.24. The number of aryl methyl sites for hydroxylation is 1. The SMILES string of the molecule is CCC(Nc1cnc(Cl)c(C)c1)c1ccc(Cl)c(Cl)c1. The van der Waals surface area contributed by atoms with Gasteiger partial charge >= 0.3 is 0 Å². The highest BCUT2D eigenvalue weighted by Crippen LogP contribution is 2.29. The Kier molecular flexibility index (Phi) is 5.14. The minimum Gasteiger partial charge on any atom is -0.377 e. The first-order chi connectivity index (χ1) is 9.51. The number of hydrogen-bond donors (Lipinski definition) is 1. The first kappa shape index (κ1) is 15.4. The molecule has 0 saturated heterocycles. The van der Waals surface area contributed by atoms with E-state index in [-0.39, 0.29) is 6.04 Å². The third kappa shape index (κ3) is 3.57. The number of hydrogen-bond acceptors (Lipinski definition) is 2. The van der Waals surface area contributed by atoms with Gasteiger partial charge in [0.1, 0.15) is 5.15 Å². The lowest BCUT2D eigenvalue weighted by Gasteiger charge is -2.19. The van der Waals surface area contributed by atoms with Crippen molar-refractivity contribution in [2.24, 2.45) is 0 Å². The van der Waals surface area contributed by atoms with Crippen LogP contribution in [0.25, 0.3) is 0 Å². The first-order valence-corrected chi connectivity index (χ1v) is 7.48. The minimum absolute atomic E-state index is 0.146. The van der Waals surface area contributed by atoms with Crippen LogP contribution in [0.15, 0.2) is 30.5 Å². The van der Waals surface area contributed by atoms with Crippen LogP contribution in [0, 0.1) is 6.92 Å². The predicted molar refractivity (Wildman–Crippen MR) is 87.1 cm³/mol. The molecule has 106 valence electrons. The molecule has 0 aliphatic heterocycles. The molecule has 1 N–H and O–H groups in total. The molecule has 2 nitrogen and oxygen atoms in total. The van der Waals surface area contributed by atoms with E-state index < -0.39 is 0 Å². The maximum absolute atomic E-state index is 6.07. The normalized spacial score (nSPS) is 12.2. The van der Waals surface area contributed by atoms with E-state index in [0.29, 0.717) is 15.2 Å². The van der Waals surface area contributed by atoms with Gasteiger partial charge in [0.15, 0.2) is 0 Å². The van der Waals surface area contributed by atoms with Gasteiger partial charge in [-0.15, -0.1) is 0 Å². The van der Waals surface area contributed by atoms with Crippen molar-refractivity contribution in [2.75, 3.05) is 5.32 Å². The maximum atomic E-state index is 6.07. The van der Waals surface area contributed by atoms with Gasteiger partial charge in [-0.1, -0.05) is 47.8 Å². The van der Waals surface area contributed by atoms with E-state index in [9.17, 15) is 0 Å². The van der Waals surface area contributed by atoms with Crippen LogP contribution in [0.1, 0.15) is 30.5 Å². The lowest BCUT2D eigenvalue weighted by atomic mass is 10.0. The summed E-state index contributed by atoms with van der Waals surface area (Å²) in [5.74, 6) is 0. The first-order valence-electron chi connectivity index (χ1n) is 6.35. The second-order valence-electron chi connectivity index (χ2n) is 4.61. The molecule has 0 aliphatic carbocycles. The molecular formula is C15H15Cl3N2. The van der Waals surface area contributed by atoms with Gasteiger partial charge in [-0.05, 0) is 42.7 Å². The van der Waals surface area contributed by atoms with Crippen molar-refractivity contribution in [3.05, 3.63) is 56.8 Å². The van der Waals surface area contributed by atoms with Gasteiger partial charge in [0.05, 0.1) is 28.0 Å². The van der Waals surface area contributed by atoms with E-state index in [4.69, 9.17) is 34.8 Å². The van der Waals surface area contributed by atoms with Crippen LogP contribution < -0.4 is 5.32 Å². The fraction of sp³-hybridized carbons (Fsp3) is 0.267. The summed E-state index contributed by atoms with van der Waals surface area (Å²) in [6, 6.07) is 7.81. The van der Waals surface area contributed by atoms with Gasteiger partial charge in [0.2, 0.25) is 0 Å². The quantitative estimate of drug-likeness (QED) is 0.705. The number of pyridine rings is 1. The molecule has 2 aromatic rings. The van der Waals surface area contributed by atoms with E-state index in [1.165, 1.54) is 0 Å². The number of rotatable bonds is 4. The number of nitrogens with zero attached hydrogens (tertiary/aromatic N) is 1. The maximum Gasteiger partial charge on any atom is 0.132 e. The summed E-state index contributed by atoms with van der Waals surface area (Å²) in [5.41, 5.74) is 2.97. The van der Waals surface area contributed by atoms with Crippen molar-refractivity contribution in [3.63, 3.8) is 0 Å². The van der Waals surface area contributed by atoms with Crippen molar-refractivity contribution in [1.29, 1.82) is 0 Å². The van der Waals surface area contributed by atoms with Crippen molar-refractivity contribution in [2.45, 2.75) is 26.3 Å². The number of benzene rings is 1. The molecule has 0 fully saturated rings. The van der Waals surface area contributed by atoms with Gasteiger partial charge in [-0.25, -0.2) is 4.98 Å². The van der Waals surface area contributed by atoms with E-state index in [1.54, 1.807) is 6.20 Å². The molecular weight excluding hydrogens is 315 g/mol. The lowest BCUT2D eigenvalue weighted by molar-refractivity contribution is 0.748. The number of aromatic nitrogens is 1. The van der Waals surface area contributed by atoms with E-state index in [0.717, 1.165) is 23.2 Å². The predicted octanol–water partition coefficient (Wildman–Crippen LogP) is 5.91. The number of anilines is 1. The molecule has 0 saturated carbocycles. The molecule has 20 heavy (non-hydrogen) atoms. The zero-order valence-electron chi connectivity index (χ0n) is 11.3. The van der Waals surface area contributed by atoms with Gasteiger partial charge < -0.3 is 5.32 Å². The van der Waals surface area contributed by atoms with Gasteiger partial charge in [-0.2, -0.15) is 0 Å². The zero-order chi connectivity index (χ0) is 14.7. The van der Waals surface area contributed by atoms with E-state index in [2.05, 4.69) is 17.2 Å². The Morgan fingerprint density at radius 2 is 1.90 bits per heavy atom. The van der Waals surface area contributed by atoms with Crippen LogP contribution >= 0.6 is 34.8 Å². The third-order valence-electron chi connectivity index (χ3n) is 3.11. The van der Waals surface area contributed by atoms with Gasteiger partial charge in [0, 0.05) is 0 Å². The molecule has 1 unspecified atom stereocenters. The smallest absolute Gasteiger partial charge is 0.132 e. The Hall–Kier alpha value is -0.960. The molecule has 1 aromatic carbocycles. The van der Waals surface area contributed by atoms with Crippen LogP contribution in [0.3, 0.4) is 0 Å². The molecule has 1 aromatic heterocycles. The summed E-state index contributed by atoms with van der Waals surface area (Å²) in [7, 11) is 0. The second kappa shape index (κ2) is 6.66.